The molecule has 312 valence electrons. The Morgan fingerprint density at radius 3 is 1.77 bits per heavy atom. The molecule has 56 heavy (non-hydrogen) atoms. The van der Waals surface area contributed by atoms with Crippen LogP contribution in [0.3, 0.4) is 0 Å². The van der Waals surface area contributed by atoms with Crippen molar-refractivity contribution in [3.63, 3.8) is 0 Å². The number of ether oxygens (including phenoxy) is 3. The third kappa shape index (κ3) is 4.42. The van der Waals surface area contributed by atoms with Gasteiger partial charge in [-0.05, 0) is 97.7 Å². The predicted octanol–water partition coefficient (Wildman–Crippen LogP) is 3.29. The number of aliphatic hydroxyl groups is 5. The van der Waals surface area contributed by atoms with Crippen LogP contribution in [0.1, 0.15) is 120 Å². The summed E-state index contributed by atoms with van der Waals surface area (Å²) in [6, 6.07) is 0. The fraction of sp³-hybridized carbons (Fsp3) is 0.909. The Morgan fingerprint density at radius 1 is 0.714 bits per heavy atom. The number of aliphatic hydroxyl groups excluding tert-OH is 5. The lowest BCUT2D eigenvalue weighted by Gasteiger charge is -2.68. The van der Waals surface area contributed by atoms with Crippen molar-refractivity contribution in [1.82, 2.24) is 0 Å². The second kappa shape index (κ2) is 11.9. The largest absolute Gasteiger partial charge is 0.459 e. The summed E-state index contributed by atoms with van der Waals surface area (Å²) in [6.07, 6.45) is -2.94. The lowest BCUT2D eigenvalue weighted by atomic mass is 9.38. The summed E-state index contributed by atoms with van der Waals surface area (Å²) in [5.41, 5.74) is -6.57. The molecule has 12 nitrogen and oxygen atoms in total. The first-order valence-corrected chi connectivity index (χ1v) is 21.5. The van der Waals surface area contributed by atoms with Crippen molar-refractivity contribution in [2.45, 2.75) is 174 Å². The minimum absolute atomic E-state index is 0.152. The van der Waals surface area contributed by atoms with Gasteiger partial charge < -0.3 is 39.7 Å². The Kier molecular flexibility index (Phi) is 8.37. The second-order valence-corrected chi connectivity index (χ2v) is 22.1. The van der Waals surface area contributed by atoms with Crippen LogP contribution < -0.4 is 0 Å². The normalized spacial score (nSPS) is 56.8. The molecule has 0 aromatic heterocycles. The average Bonchev–Trinajstić information content (AvgIpc) is 3.57. The predicted molar refractivity (Wildman–Crippen MR) is 198 cm³/mol. The van der Waals surface area contributed by atoms with Gasteiger partial charge >= 0.3 is 11.9 Å². The summed E-state index contributed by atoms with van der Waals surface area (Å²) in [5.74, 6) is -4.34. The zero-order valence-corrected chi connectivity index (χ0v) is 34.3. The van der Waals surface area contributed by atoms with E-state index < -0.39 is 116 Å². The number of rotatable bonds is 5. The van der Waals surface area contributed by atoms with Gasteiger partial charge in [0, 0.05) is 43.4 Å². The summed E-state index contributed by atoms with van der Waals surface area (Å²) >= 11 is 0. The Hall–Kier alpha value is -1.96. The fourth-order valence-electron chi connectivity index (χ4n) is 17.6. The van der Waals surface area contributed by atoms with Crippen molar-refractivity contribution < 1.29 is 58.9 Å². The smallest absolute Gasteiger partial charge is 0.303 e. The molecule has 0 aromatic rings. The van der Waals surface area contributed by atoms with Crippen LogP contribution in [0.5, 0.6) is 0 Å². The molecular formula is C44H64O12. The molecule has 2 spiro atoms. The Bertz CT molecular complexity index is 1740. The SMILES string of the molecule is CC(=O)O[C@@H]1[C@@H]2C(C)(C)[C@@H](O)CC[C@@]2(C)[C@@H]2[C@@H]3C[C@@H]4C[C@]2(C(=O)[C@]4(CC[C@H]2C(=O)[C@]45C[C@H]2C[C@H](O)[C@H]4[C@]2(C)CC[C@H](O)C(C)(C)[C@H]2[C@@H](OC(C)=O)[C@@H]5O)O3)[C@H]1O. The molecule has 2 saturated heterocycles. The van der Waals surface area contributed by atoms with Crippen molar-refractivity contribution in [3.05, 3.63) is 0 Å². The minimum Gasteiger partial charge on any atom is -0.459 e. The van der Waals surface area contributed by atoms with Gasteiger partial charge in [-0.1, -0.05) is 41.5 Å². The van der Waals surface area contributed by atoms with E-state index in [0.29, 0.717) is 57.8 Å². The van der Waals surface area contributed by atoms with Crippen LogP contribution in [0.25, 0.3) is 0 Å². The number of carbonyl (C=O) groups is 4. The molecule has 12 heteroatoms. The van der Waals surface area contributed by atoms with Gasteiger partial charge in [0.15, 0.2) is 5.78 Å². The Morgan fingerprint density at radius 2 is 1.23 bits per heavy atom. The van der Waals surface area contributed by atoms with E-state index in [0.717, 1.165) is 0 Å². The van der Waals surface area contributed by atoms with Crippen molar-refractivity contribution in [2.75, 3.05) is 0 Å². The first kappa shape index (κ1) is 39.5. The first-order valence-electron chi connectivity index (χ1n) is 21.5. The van der Waals surface area contributed by atoms with Gasteiger partial charge in [-0.3, -0.25) is 19.2 Å². The molecule has 10 fully saturated rings. The molecule has 10 rings (SSSR count). The Labute approximate surface area is 329 Å². The molecule has 2 aliphatic heterocycles. The van der Waals surface area contributed by atoms with E-state index in [9.17, 15) is 35.1 Å². The molecule has 0 amide bonds. The number of Topliss-reactive ketones (excluding diaryl/α,β-unsaturated/α-hetero) is 2. The van der Waals surface area contributed by atoms with Crippen molar-refractivity contribution in [1.29, 1.82) is 0 Å². The number of hydrogen-bond donors (Lipinski definition) is 5. The van der Waals surface area contributed by atoms with E-state index in [2.05, 4.69) is 6.92 Å². The van der Waals surface area contributed by atoms with Crippen molar-refractivity contribution in [2.24, 2.45) is 73.9 Å². The van der Waals surface area contributed by atoms with Gasteiger partial charge in [0.05, 0.1) is 35.2 Å². The van der Waals surface area contributed by atoms with E-state index in [1.165, 1.54) is 13.8 Å². The first-order chi connectivity index (χ1) is 26.0. The molecular weight excluding hydrogens is 720 g/mol. The maximum absolute atomic E-state index is 15.4. The topological polar surface area (TPSA) is 197 Å². The average molecular weight is 785 g/mol. The van der Waals surface area contributed by atoms with E-state index >= 15 is 9.59 Å². The zero-order valence-electron chi connectivity index (χ0n) is 34.3. The van der Waals surface area contributed by atoms with Crippen LogP contribution in [-0.4, -0.2) is 103 Å². The highest BCUT2D eigenvalue weighted by molar-refractivity contribution is 5.98. The maximum atomic E-state index is 15.4. The molecule has 8 saturated carbocycles. The van der Waals surface area contributed by atoms with Gasteiger partial charge in [-0.15, -0.1) is 0 Å². The van der Waals surface area contributed by atoms with E-state index in [-0.39, 0.29) is 41.8 Å². The molecule has 20 atom stereocenters. The van der Waals surface area contributed by atoms with Crippen LogP contribution in [0.4, 0.5) is 0 Å². The van der Waals surface area contributed by atoms with Crippen LogP contribution in [0.2, 0.25) is 0 Å². The highest BCUT2D eigenvalue weighted by atomic mass is 16.6. The molecule has 0 aromatic carbocycles. The summed E-state index contributed by atoms with van der Waals surface area (Å²) < 4.78 is 18.9. The number of ketones is 2. The van der Waals surface area contributed by atoms with Gasteiger partial charge in [0.25, 0.3) is 0 Å². The highest BCUT2D eigenvalue weighted by Gasteiger charge is 2.84. The minimum atomic E-state index is -1.38. The van der Waals surface area contributed by atoms with E-state index in [1.807, 2.05) is 34.6 Å². The summed E-state index contributed by atoms with van der Waals surface area (Å²) in [4.78, 5) is 55.9. The molecule has 2 heterocycles. The molecule has 0 radical (unpaired) electrons. The molecule has 5 N–H and O–H groups in total. The lowest BCUT2D eigenvalue weighted by Crippen LogP contribution is -2.75. The summed E-state index contributed by atoms with van der Waals surface area (Å²) in [6.45, 7) is 14.5. The van der Waals surface area contributed by atoms with Crippen LogP contribution in [0.15, 0.2) is 0 Å². The van der Waals surface area contributed by atoms with Gasteiger partial charge in [0.2, 0.25) is 0 Å². The third-order valence-corrected chi connectivity index (χ3v) is 19.1. The van der Waals surface area contributed by atoms with Crippen LogP contribution >= 0.6 is 0 Å². The monoisotopic (exact) mass is 784 g/mol. The van der Waals surface area contributed by atoms with Crippen molar-refractivity contribution in [3.8, 4) is 0 Å². The molecule has 6 bridgehead atoms. The highest BCUT2D eigenvalue weighted by Crippen LogP contribution is 2.77. The van der Waals surface area contributed by atoms with Gasteiger partial charge in [-0.2, -0.15) is 0 Å². The zero-order chi connectivity index (χ0) is 40.7. The molecule has 8 aliphatic carbocycles. The maximum Gasteiger partial charge on any atom is 0.303 e. The number of fused-ring (bicyclic) bond motifs is 4. The number of carbonyl (C=O) groups excluding carboxylic acids is 4. The molecule has 10 aliphatic rings. The third-order valence-electron chi connectivity index (χ3n) is 19.1. The van der Waals surface area contributed by atoms with E-state index in [1.54, 1.807) is 0 Å². The number of esters is 2. The second-order valence-electron chi connectivity index (χ2n) is 22.1. The quantitative estimate of drug-likeness (QED) is 0.256. The van der Waals surface area contributed by atoms with Crippen molar-refractivity contribution >= 4 is 23.5 Å². The Balaban J connectivity index is 1.05. The standard InChI is InChI=1S/C44H64O12/c1-19(45)54-28-32-38(3,4)26(48)10-12-40(32,7)30-24(47)15-21-17-42(30,35(28)51)34(50)23(21)9-14-44-22-16-25(56-44)31-41(8)13-11-27(49)39(5,6)33(41)29(55-20(2)46)36(52)43(31,18-22)37(44)53/h21-33,35-36,47-49,51-52H,9-18H2,1-8H3/t21-,22-,23-,24+,25+,26+,27+,28-,29-,30+,31+,32-,33-,35+,36+,40+,41+,42+,43-,44-/m1/s1. The lowest BCUT2D eigenvalue weighted by molar-refractivity contribution is -0.291. The molecule has 0 unspecified atom stereocenters. The summed E-state index contributed by atoms with van der Waals surface area (Å²) in [5, 5.41) is 59.5. The number of hydrogen-bond acceptors (Lipinski definition) is 12. The van der Waals surface area contributed by atoms with Crippen LogP contribution in [0, 0.1) is 73.9 Å². The van der Waals surface area contributed by atoms with Gasteiger partial charge in [0.1, 0.15) is 35.8 Å². The van der Waals surface area contributed by atoms with Crippen LogP contribution in [-0.2, 0) is 33.4 Å². The van der Waals surface area contributed by atoms with E-state index in [4.69, 9.17) is 14.2 Å². The fourth-order valence-corrected chi connectivity index (χ4v) is 17.6. The van der Waals surface area contributed by atoms with Gasteiger partial charge in [-0.25, -0.2) is 0 Å². The summed E-state index contributed by atoms with van der Waals surface area (Å²) in [7, 11) is 0.